The molecule has 0 spiro atoms. The van der Waals surface area contributed by atoms with E-state index in [0.717, 1.165) is 31.9 Å². The molecule has 1 aromatic carbocycles. The zero-order chi connectivity index (χ0) is 11.7. The largest absolute Gasteiger partial charge is 0.326 e. The Bertz CT molecular complexity index is 511. The minimum atomic E-state index is 0.931. The minimum absolute atomic E-state index is 0.931. The third-order valence-electron chi connectivity index (χ3n) is 3.38. The molecule has 1 aliphatic heterocycles. The second-order valence-electron chi connectivity index (χ2n) is 4.45. The van der Waals surface area contributed by atoms with Crippen molar-refractivity contribution in [3.05, 3.63) is 41.7 Å². The molecular formula is C14H17N3. The van der Waals surface area contributed by atoms with Crippen molar-refractivity contribution < 1.29 is 0 Å². The molecular weight excluding hydrogens is 210 g/mol. The van der Waals surface area contributed by atoms with E-state index in [9.17, 15) is 0 Å². The maximum atomic E-state index is 4.55. The lowest BCUT2D eigenvalue weighted by Gasteiger charge is -2.17. The van der Waals surface area contributed by atoms with Gasteiger partial charge in [0, 0.05) is 25.2 Å². The van der Waals surface area contributed by atoms with Crippen molar-refractivity contribution in [2.75, 3.05) is 6.54 Å². The molecule has 0 unspecified atom stereocenters. The SMILES string of the molecule is CCc1ccc(-c2ncc3n2CCNC3)cc1. The molecule has 0 bridgehead atoms. The van der Waals surface area contributed by atoms with Gasteiger partial charge < -0.3 is 9.88 Å². The molecule has 0 atom stereocenters. The summed E-state index contributed by atoms with van der Waals surface area (Å²) >= 11 is 0. The molecule has 0 fully saturated rings. The van der Waals surface area contributed by atoms with Gasteiger partial charge in [-0.1, -0.05) is 31.2 Å². The van der Waals surface area contributed by atoms with E-state index in [1.54, 1.807) is 0 Å². The number of imidazole rings is 1. The molecule has 0 amide bonds. The zero-order valence-electron chi connectivity index (χ0n) is 10.1. The Hall–Kier alpha value is -1.61. The molecule has 0 saturated carbocycles. The van der Waals surface area contributed by atoms with Crippen molar-refractivity contribution in [3.63, 3.8) is 0 Å². The van der Waals surface area contributed by atoms with E-state index in [-0.39, 0.29) is 0 Å². The van der Waals surface area contributed by atoms with Crippen molar-refractivity contribution in [1.29, 1.82) is 0 Å². The van der Waals surface area contributed by atoms with Gasteiger partial charge in [-0.2, -0.15) is 0 Å². The van der Waals surface area contributed by atoms with Crippen LogP contribution in [-0.4, -0.2) is 16.1 Å². The van der Waals surface area contributed by atoms with E-state index in [4.69, 9.17) is 0 Å². The quantitative estimate of drug-likeness (QED) is 0.852. The lowest BCUT2D eigenvalue weighted by molar-refractivity contribution is 0.519. The van der Waals surface area contributed by atoms with Crippen molar-refractivity contribution in [3.8, 4) is 11.4 Å². The van der Waals surface area contributed by atoms with Gasteiger partial charge in [0.15, 0.2) is 0 Å². The van der Waals surface area contributed by atoms with Crippen LogP contribution in [0.3, 0.4) is 0 Å². The van der Waals surface area contributed by atoms with E-state index in [1.165, 1.54) is 16.8 Å². The zero-order valence-corrected chi connectivity index (χ0v) is 10.1. The second-order valence-corrected chi connectivity index (χ2v) is 4.45. The van der Waals surface area contributed by atoms with E-state index in [0.29, 0.717) is 0 Å². The Labute approximate surface area is 101 Å². The topological polar surface area (TPSA) is 29.9 Å². The first kappa shape index (κ1) is 10.5. The Morgan fingerprint density at radius 3 is 2.88 bits per heavy atom. The number of nitrogens with one attached hydrogen (secondary N) is 1. The summed E-state index contributed by atoms with van der Waals surface area (Å²) in [5.74, 6) is 1.10. The molecule has 2 aromatic rings. The molecule has 1 N–H and O–H groups in total. The van der Waals surface area contributed by atoms with Crippen molar-refractivity contribution in [2.24, 2.45) is 0 Å². The van der Waals surface area contributed by atoms with Gasteiger partial charge in [-0.15, -0.1) is 0 Å². The Balaban J connectivity index is 2.00. The highest BCUT2D eigenvalue weighted by molar-refractivity contribution is 5.56. The summed E-state index contributed by atoms with van der Waals surface area (Å²) < 4.78 is 2.32. The number of fused-ring (bicyclic) bond motifs is 1. The van der Waals surface area contributed by atoms with Gasteiger partial charge in [0.05, 0.1) is 11.9 Å². The third kappa shape index (κ3) is 1.87. The summed E-state index contributed by atoms with van der Waals surface area (Å²) in [6.45, 7) is 5.15. The summed E-state index contributed by atoms with van der Waals surface area (Å²) in [4.78, 5) is 4.55. The molecule has 0 aliphatic carbocycles. The van der Waals surface area contributed by atoms with Gasteiger partial charge in [0.2, 0.25) is 0 Å². The van der Waals surface area contributed by atoms with Crippen LogP contribution in [-0.2, 0) is 19.5 Å². The Morgan fingerprint density at radius 1 is 1.29 bits per heavy atom. The van der Waals surface area contributed by atoms with Crippen LogP contribution < -0.4 is 5.32 Å². The number of aryl methyl sites for hydroxylation is 1. The molecule has 2 heterocycles. The van der Waals surface area contributed by atoms with Gasteiger partial charge in [-0.25, -0.2) is 4.98 Å². The standard InChI is InChI=1S/C14H17N3/c1-2-11-3-5-12(6-4-11)14-16-10-13-9-15-7-8-17(13)14/h3-6,10,15H,2,7-9H2,1H3. The molecule has 0 saturated heterocycles. The fourth-order valence-corrected chi connectivity index (χ4v) is 2.33. The maximum absolute atomic E-state index is 4.55. The van der Waals surface area contributed by atoms with Crippen LogP contribution in [0.4, 0.5) is 0 Å². The van der Waals surface area contributed by atoms with Crippen LogP contribution in [0, 0.1) is 0 Å². The lowest BCUT2D eigenvalue weighted by atomic mass is 10.1. The highest BCUT2D eigenvalue weighted by Crippen LogP contribution is 2.21. The minimum Gasteiger partial charge on any atom is -0.326 e. The molecule has 1 aromatic heterocycles. The molecule has 1 aliphatic rings. The van der Waals surface area contributed by atoms with Crippen molar-refractivity contribution >= 4 is 0 Å². The molecule has 17 heavy (non-hydrogen) atoms. The molecule has 3 nitrogen and oxygen atoms in total. The molecule has 0 radical (unpaired) electrons. The number of benzene rings is 1. The molecule has 3 rings (SSSR count). The second kappa shape index (κ2) is 4.34. The Kier molecular flexibility index (Phi) is 2.69. The van der Waals surface area contributed by atoms with Crippen molar-refractivity contribution in [1.82, 2.24) is 14.9 Å². The summed E-state index contributed by atoms with van der Waals surface area (Å²) in [6, 6.07) is 8.74. The summed E-state index contributed by atoms with van der Waals surface area (Å²) in [5, 5.41) is 3.36. The number of nitrogens with zero attached hydrogens (tertiary/aromatic N) is 2. The number of hydrogen-bond acceptors (Lipinski definition) is 2. The van der Waals surface area contributed by atoms with E-state index < -0.39 is 0 Å². The Morgan fingerprint density at radius 2 is 2.12 bits per heavy atom. The highest BCUT2D eigenvalue weighted by atomic mass is 15.1. The van der Waals surface area contributed by atoms with Gasteiger partial charge >= 0.3 is 0 Å². The monoisotopic (exact) mass is 227 g/mol. The fraction of sp³-hybridized carbons (Fsp3) is 0.357. The van der Waals surface area contributed by atoms with Crippen LogP contribution in [0.2, 0.25) is 0 Å². The molecule has 88 valence electrons. The number of aromatic nitrogens is 2. The maximum Gasteiger partial charge on any atom is 0.140 e. The van der Waals surface area contributed by atoms with Gasteiger partial charge in [0.25, 0.3) is 0 Å². The van der Waals surface area contributed by atoms with Crippen LogP contribution in [0.15, 0.2) is 30.5 Å². The average molecular weight is 227 g/mol. The summed E-state index contributed by atoms with van der Waals surface area (Å²) in [6.07, 6.45) is 3.07. The van der Waals surface area contributed by atoms with Crippen molar-refractivity contribution in [2.45, 2.75) is 26.4 Å². The fourth-order valence-electron chi connectivity index (χ4n) is 2.33. The first-order chi connectivity index (χ1) is 8.38. The van der Waals surface area contributed by atoms with Gasteiger partial charge in [-0.05, 0) is 12.0 Å². The number of hydrogen-bond donors (Lipinski definition) is 1. The van der Waals surface area contributed by atoms with Crippen LogP contribution in [0.1, 0.15) is 18.2 Å². The average Bonchev–Trinajstić information content (AvgIpc) is 2.83. The van der Waals surface area contributed by atoms with E-state index >= 15 is 0 Å². The predicted molar refractivity (Wildman–Crippen MR) is 68.7 cm³/mol. The van der Waals surface area contributed by atoms with E-state index in [1.807, 2.05) is 6.20 Å². The summed E-state index contributed by atoms with van der Waals surface area (Å²) in [5.41, 5.74) is 3.88. The predicted octanol–water partition coefficient (Wildman–Crippen LogP) is 2.22. The smallest absolute Gasteiger partial charge is 0.140 e. The normalized spacial score (nSPS) is 14.6. The third-order valence-corrected chi connectivity index (χ3v) is 3.38. The van der Waals surface area contributed by atoms with Gasteiger partial charge in [0.1, 0.15) is 5.82 Å². The first-order valence-corrected chi connectivity index (χ1v) is 6.23. The summed E-state index contributed by atoms with van der Waals surface area (Å²) in [7, 11) is 0. The lowest BCUT2D eigenvalue weighted by Crippen LogP contribution is -2.27. The van der Waals surface area contributed by atoms with Gasteiger partial charge in [-0.3, -0.25) is 0 Å². The number of rotatable bonds is 2. The van der Waals surface area contributed by atoms with Crippen LogP contribution in [0.25, 0.3) is 11.4 Å². The highest BCUT2D eigenvalue weighted by Gasteiger charge is 2.14. The van der Waals surface area contributed by atoms with E-state index in [2.05, 4.69) is 46.1 Å². The van der Waals surface area contributed by atoms with Crippen LogP contribution in [0.5, 0.6) is 0 Å². The first-order valence-electron chi connectivity index (χ1n) is 6.23. The molecule has 3 heteroatoms. The van der Waals surface area contributed by atoms with Crippen LogP contribution >= 0.6 is 0 Å².